The molecular weight excluding hydrogens is 210 g/mol. The van der Waals surface area contributed by atoms with Gasteiger partial charge in [-0.2, -0.15) is 0 Å². The number of hydrogen-bond acceptors (Lipinski definition) is 2. The van der Waals surface area contributed by atoms with E-state index in [9.17, 15) is 5.11 Å². The van der Waals surface area contributed by atoms with Crippen LogP contribution in [0.5, 0.6) is 5.75 Å². The number of aryl methyl sites for hydroxylation is 1. The molecule has 0 aromatic heterocycles. The van der Waals surface area contributed by atoms with Crippen LogP contribution in [0.25, 0.3) is 0 Å². The Labute approximate surface area is 102 Å². The zero-order valence-corrected chi connectivity index (χ0v) is 9.98. The van der Waals surface area contributed by atoms with E-state index in [1.54, 1.807) is 6.07 Å². The fraction of sp³-hybridized carbons (Fsp3) is 0.200. The second-order valence-corrected chi connectivity index (χ2v) is 4.04. The number of nitrogens with one attached hydrogen (secondary N) is 1. The van der Waals surface area contributed by atoms with Gasteiger partial charge in [0.05, 0.1) is 0 Å². The summed E-state index contributed by atoms with van der Waals surface area (Å²) in [5.41, 5.74) is 3.16. The lowest BCUT2D eigenvalue weighted by Gasteiger charge is -2.08. The number of rotatable bonds is 4. The first-order chi connectivity index (χ1) is 8.29. The summed E-state index contributed by atoms with van der Waals surface area (Å²) in [7, 11) is 0. The van der Waals surface area contributed by atoms with E-state index >= 15 is 0 Å². The van der Waals surface area contributed by atoms with Crippen LogP contribution in [0.3, 0.4) is 0 Å². The highest BCUT2D eigenvalue weighted by Gasteiger charge is 2.00. The van der Waals surface area contributed by atoms with Crippen molar-refractivity contribution in [2.45, 2.75) is 19.9 Å². The van der Waals surface area contributed by atoms with E-state index < -0.39 is 0 Å². The highest BCUT2D eigenvalue weighted by molar-refractivity contribution is 5.51. The van der Waals surface area contributed by atoms with Gasteiger partial charge in [-0.15, -0.1) is 0 Å². The summed E-state index contributed by atoms with van der Waals surface area (Å²) >= 11 is 0. The Kier molecular flexibility index (Phi) is 3.66. The Balaban J connectivity index is 2.02. The van der Waals surface area contributed by atoms with Gasteiger partial charge in [0, 0.05) is 18.3 Å². The van der Waals surface area contributed by atoms with Crippen LogP contribution >= 0.6 is 0 Å². The van der Waals surface area contributed by atoms with Crippen molar-refractivity contribution >= 4 is 5.69 Å². The maximum absolute atomic E-state index is 9.75. The molecule has 0 aliphatic rings. The molecule has 88 valence electrons. The van der Waals surface area contributed by atoms with Crippen LogP contribution in [-0.4, -0.2) is 5.11 Å². The lowest BCUT2D eigenvalue weighted by molar-refractivity contribution is 0.469. The average molecular weight is 227 g/mol. The predicted molar refractivity (Wildman–Crippen MR) is 71.3 cm³/mol. The molecule has 0 atom stereocenters. The summed E-state index contributed by atoms with van der Waals surface area (Å²) in [6, 6.07) is 15.9. The SMILES string of the molecule is CCc1ccc(NCc2ccccc2)cc1O. The minimum absolute atomic E-state index is 0.366. The number of aromatic hydroxyl groups is 1. The number of phenols is 1. The molecule has 0 aliphatic carbocycles. The van der Waals surface area contributed by atoms with Gasteiger partial charge in [-0.1, -0.05) is 43.3 Å². The van der Waals surface area contributed by atoms with Crippen molar-refractivity contribution in [3.8, 4) is 5.75 Å². The molecular formula is C15H17NO. The molecule has 0 saturated carbocycles. The van der Waals surface area contributed by atoms with Crippen LogP contribution in [0.2, 0.25) is 0 Å². The van der Waals surface area contributed by atoms with Crippen LogP contribution in [0.4, 0.5) is 5.69 Å². The number of benzene rings is 2. The van der Waals surface area contributed by atoms with E-state index in [0.29, 0.717) is 5.75 Å². The zero-order chi connectivity index (χ0) is 12.1. The first-order valence-electron chi connectivity index (χ1n) is 5.89. The first kappa shape index (κ1) is 11.5. The van der Waals surface area contributed by atoms with Gasteiger partial charge in [0.1, 0.15) is 5.75 Å². The molecule has 2 aromatic rings. The summed E-state index contributed by atoms with van der Waals surface area (Å²) < 4.78 is 0. The molecule has 0 fully saturated rings. The Morgan fingerprint density at radius 2 is 1.82 bits per heavy atom. The van der Waals surface area contributed by atoms with Gasteiger partial charge in [0.15, 0.2) is 0 Å². The third-order valence-corrected chi connectivity index (χ3v) is 2.81. The molecule has 0 amide bonds. The van der Waals surface area contributed by atoms with Gasteiger partial charge in [0.2, 0.25) is 0 Å². The van der Waals surface area contributed by atoms with Gasteiger partial charge in [0.25, 0.3) is 0 Å². The van der Waals surface area contributed by atoms with Crippen molar-refractivity contribution in [1.82, 2.24) is 0 Å². The van der Waals surface area contributed by atoms with Crippen LogP contribution < -0.4 is 5.32 Å². The number of anilines is 1. The monoisotopic (exact) mass is 227 g/mol. The van der Waals surface area contributed by atoms with Crippen LogP contribution in [0, 0.1) is 0 Å². The van der Waals surface area contributed by atoms with Crippen molar-refractivity contribution in [2.24, 2.45) is 0 Å². The highest BCUT2D eigenvalue weighted by atomic mass is 16.3. The van der Waals surface area contributed by atoms with Gasteiger partial charge in [-0.05, 0) is 23.6 Å². The topological polar surface area (TPSA) is 32.3 Å². The largest absolute Gasteiger partial charge is 0.508 e. The minimum Gasteiger partial charge on any atom is -0.508 e. The van der Waals surface area contributed by atoms with Crippen LogP contribution in [-0.2, 0) is 13.0 Å². The number of phenolic OH excluding ortho intramolecular Hbond substituents is 1. The molecule has 0 spiro atoms. The third kappa shape index (κ3) is 3.00. The second-order valence-electron chi connectivity index (χ2n) is 4.04. The lowest BCUT2D eigenvalue weighted by atomic mass is 10.1. The molecule has 0 aliphatic heterocycles. The van der Waals surface area contributed by atoms with Crippen molar-refractivity contribution in [3.63, 3.8) is 0 Å². The quantitative estimate of drug-likeness (QED) is 0.837. The molecule has 0 radical (unpaired) electrons. The summed E-state index contributed by atoms with van der Waals surface area (Å²) in [5.74, 6) is 0.366. The molecule has 2 heteroatoms. The van der Waals surface area contributed by atoms with Crippen molar-refractivity contribution in [2.75, 3.05) is 5.32 Å². The molecule has 0 heterocycles. The van der Waals surface area contributed by atoms with E-state index in [-0.39, 0.29) is 0 Å². The standard InChI is InChI=1S/C15H17NO/c1-2-13-8-9-14(10-15(13)17)16-11-12-6-4-3-5-7-12/h3-10,16-17H,2,11H2,1H3. The third-order valence-electron chi connectivity index (χ3n) is 2.81. The molecule has 17 heavy (non-hydrogen) atoms. The Morgan fingerprint density at radius 1 is 1.06 bits per heavy atom. The fourth-order valence-electron chi connectivity index (χ4n) is 1.77. The van der Waals surface area contributed by atoms with Crippen molar-refractivity contribution in [1.29, 1.82) is 0 Å². The minimum atomic E-state index is 0.366. The molecule has 0 bridgehead atoms. The Morgan fingerprint density at radius 3 is 2.47 bits per heavy atom. The van der Waals surface area contributed by atoms with Gasteiger partial charge in [-0.3, -0.25) is 0 Å². The molecule has 0 saturated heterocycles. The van der Waals surface area contributed by atoms with E-state index in [1.165, 1.54) is 5.56 Å². The van der Waals surface area contributed by atoms with E-state index in [0.717, 1.165) is 24.2 Å². The highest BCUT2D eigenvalue weighted by Crippen LogP contribution is 2.22. The van der Waals surface area contributed by atoms with Crippen LogP contribution in [0.1, 0.15) is 18.1 Å². The van der Waals surface area contributed by atoms with Gasteiger partial charge >= 0.3 is 0 Å². The first-order valence-corrected chi connectivity index (χ1v) is 5.89. The maximum atomic E-state index is 9.75. The zero-order valence-electron chi connectivity index (χ0n) is 9.98. The van der Waals surface area contributed by atoms with E-state index in [4.69, 9.17) is 0 Å². The van der Waals surface area contributed by atoms with Gasteiger partial charge < -0.3 is 10.4 Å². The predicted octanol–water partition coefficient (Wildman–Crippen LogP) is 3.57. The second kappa shape index (κ2) is 5.39. The van der Waals surface area contributed by atoms with E-state index in [1.807, 2.05) is 37.3 Å². The van der Waals surface area contributed by atoms with Crippen LogP contribution in [0.15, 0.2) is 48.5 Å². The normalized spacial score (nSPS) is 10.2. The molecule has 2 aromatic carbocycles. The van der Waals surface area contributed by atoms with Gasteiger partial charge in [-0.25, -0.2) is 0 Å². The fourth-order valence-corrected chi connectivity index (χ4v) is 1.77. The molecule has 0 unspecified atom stereocenters. The Hall–Kier alpha value is -1.96. The van der Waals surface area contributed by atoms with E-state index in [2.05, 4.69) is 17.4 Å². The summed E-state index contributed by atoms with van der Waals surface area (Å²) in [4.78, 5) is 0. The molecule has 2 N–H and O–H groups in total. The molecule has 2 nitrogen and oxygen atoms in total. The smallest absolute Gasteiger partial charge is 0.120 e. The van der Waals surface area contributed by atoms with Crippen molar-refractivity contribution < 1.29 is 5.11 Å². The van der Waals surface area contributed by atoms with Crippen molar-refractivity contribution in [3.05, 3.63) is 59.7 Å². The number of hydrogen-bond donors (Lipinski definition) is 2. The maximum Gasteiger partial charge on any atom is 0.120 e. The summed E-state index contributed by atoms with van der Waals surface area (Å²) in [6.07, 6.45) is 0.852. The summed E-state index contributed by atoms with van der Waals surface area (Å²) in [5, 5.41) is 13.0. The lowest BCUT2D eigenvalue weighted by Crippen LogP contribution is -1.99. The summed E-state index contributed by atoms with van der Waals surface area (Å²) in [6.45, 7) is 2.80. The average Bonchev–Trinajstić information content (AvgIpc) is 2.38. The Bertz CT molecular complexity index is 480. The molecule has 2 rings (SSSR count).